The molecule has 5 N–H and O–H groups in total. The van der Waals surface area contributed by atoms with Crippen LogP contribution in [0.1, 0.15) is 78.6 Å². The van der Waals surface area contributed by atoms with Crippen molar-refractivity contribution in [2.24, 2.45) is 40.4 Å². The molecular formula is C24H40O8S. The van der Waals surface area contributed by atoms with Crippen LogP contribution in [-0.2, 0) is 14.9 Å². The van der Waals surface area contributed by atoms with E-state index in [1.807, 2.05) is 6.92 Å². The predicted molar refractivity (Wildman–Crippen MR) is 121 cm³/mol. The van der Waals surface area contributed by atoms with Crippen LogP contribution in [0.3, 0.4) is 0 Å². The van der Waals surface area contributed by atoms with Gasteiger partial charge in [0.15, 0.2) is 5.25 Å². The molecule has 4 fully saturated rings. The van der Waals surface area contributed by atoms with E-state index in [-0.39, 0.29) is 41.9 Å². The number of rotatable bonds is 5. The summed E-state index contributed by atoms with van der Waals surface area (Å²) in [5, 5.41) is 40.4. The Morgan fingerprint density at radius 2 is 1.73 bits per heavy atom. The van der Waals surface area contributed by atoms with Crippen molar-refractivity contribution in [3.05, 3.63) is 0 Å². The van der Waals surface area contributed by atoms with Gasteiger partial charge in [-0.1, -0.05) is 20.8 Å². The fourth-order valence-corrected chi connectivity index (χ4v) is 9.89. The molecule has 4 aliphatic rings. The molecule has 0 heterocycles. The van der Waals surface area contributed by atoms with E-state index in [0.717, 1.165) is 25.7 Å². The van der Waals surface area contributed by atoms with Crippen LogP contribution in [0.15, 0.2) is 0 Å². The highest BCUT2D eigenvalue weighted by atomic mass is 32.2. The zero-order chi connectivity index (χ0) is 24.6. The van der Waals surface area contributed by atoms with E-state index in [9.17, 15) is 38.2 Å². The zero-order valence-electron chi connectivity index (χ0n) is 19.9. The molecule has 4 rings (SSSR count). The van der Waals surface area contributed by atoms with Crippen molar-refractivity contribution in [3.8, 4) is 0 Å². The van der Waals surface area contributed by atoms with Gasteiger partial charge in [0.05, 0.1) is 17.8 Å². The van der Waals surface area contributed by atoms with Crippen LogP contribution in [0.2, 0.25) is 0 Å². The van der Waals surface area contributed by atoms with Crippen LogP contribution in [0.5, 0.6) is 0 Å². The molecule has 1 unspecified atom stereocenters. The van der Waals surface area contributed by atoms with Crippen LogP contribution < -0.4 is 0 Å². The number of hydrogen-bond donors (Lipinski definition) is 5. The molecule has 0 saturated heterocycles. The van der Waals surface area contributed by atoms with Gasteiger partial charge in [0.2, 0.25) is 0 Å². The Hall–Kier alpha value is -0.740. The minimum absolute atomic E-state index is 0.109. The molecule has 0 aromatic rings. The smallest absolute Gasteiger partial charge is 0.324 e. The minimum Gasteiger partial charge on any atom is -0.480 e. The number of aliphatic hydroxyl groups is 3. The zero-order valence-corrected chi connectivity index (χ0v) is 20.7. The molecule has 8 nitrogen and oxygen atoms in total. The van der Waals surface area contributed by atoms with E-state index >= 15 is 0 Å². The van der Waals surface area contributed by atoms with Gasteiger partial charge < -0.3 is 20.4 Å². The normalized spacial score (nSPS) is 49.4. The molecule has 11 atom stereocenters. The van der Waals surface area contributed by atoms with Crippen molar-refractivity contribution in [2.75, 3.05) is 0 Å². The largest absolute Gasteiger partial charge is 0.480 e. The van der Waals surface area contributed by atoms with Gasteiger partial charge in [-0.3, -0.25) is 9.35 Å². The summed E-state index contributed by atoms with van der Waals surface area (Å²) in [5.74, 6) is -0.796. The van der Waals surface area contributed by atoms with E-state index < -0.39 is 44.6 Å². The number of carbonyl (C=O) groups is 1. The average Bonchev–Trinajstić information content (AvgIpc) is 3.05. The Labute approximate surface area is 196 Å². The van der Waals surface area contributed by atoms with Crippen molar-refractivity contribution < 1.29 is 38.2 Å². The lowest BCUT2D eigenvalue weighted by molar-refractivity contribution is -0.264. The number of carboxylic acids is 1. The molecule has 0 amide bonds. The van der Waals surface area contributed by atoms with Gasteiger partial charge >= 0.3 is 5.97 Å². The maximum atomic E-state index is 11.6. The van der Waals surface area contributed by atoms with Gasteiger partial charge in [-0.05, 0) is 86.4 Å². The summed E-state index contributed by atoms with van der Waals surface area (Å²) < 4.78 is 32.7. The number of carboxylic acid groups (broad SMARTS) is 1. The molecule has 0 spiro atoms. The maximum Gasteiger partial charge on any atom is 0.324 e. The van der Waals surface area contributed by atoms with Crippen LogP contribution in [0.4, 0.5) is 0 Å². The van der Waals surface area contributed by atoms with Crippen LogP contribution in [0, 0.1) is 40.4 Å². The van der Waals surface area contributed by atoms with E-state index in [1.54, 1.807) is 0 Å². The van der Waals surface area contributed by atoms with Crippen molar-refractivity contribution in [3.63, 3.8) is 0 Å². The van der Waals surface area contributed by atoms with Crippen molar-refractivity contribution >= 4 is 16.1 Å². The summed E-state index contributed by atoms with van der Waals surface area (Å²) in [4.78, 5) is 11.5. The molecule has 4 aliphatic carbocycles. The highest BCUT2D eigenvalue weighted by Crippen LogP contribution is 2.69. The summed E-state index contributed by atoms with van der Waals surface area (Å²) in [7, 11) is -4.68. The first-order valence-electron chi connectivity index (χ1n) is 12.4. The molecule has 0 aliphatic heterocycles. The number of aliphatic hydroxyl groups excluding tert-OH is 2. The first kappa shape index (κ1) is 25.4. The van der Waals surface area contributed by atoms with Crippen molar-refractivity contribution in [2.45, 2.75) is 102 Å². The van der Waals surface area contributed by atoms with Crippen LogP contribution >= 0.6 is 0 Å². The van der Waals surface area contributed by atoms with Gasteiger partial charge in [-0.25, -0.2) is 0 Å². The first-order chi connectivity index (χ1) is 15.1. The predicted octanol–water partition coefficient (Wildman–Crippen LogP) is 2.46. The Morgan fingerprint density at radius 3 is 2.33 bits per heavy atom. The summed E-state index contributed by atoms with van der Waals surface area (Å²) in [5.41, 5.74) is -1.85. The summed E-state index contributed by atoms with van der Waals surface area (Å²) >= 11 is 0. The number of hydrogen-bond acceptors (Lipinski definition) is 6. The summed E-state index contributed by atoms with van der Waals surface area (Å²) in [6.07, 6.45) is 3.99. The molecule has 33 heavy (non-hydrogen) atoms. The van der Waals surface area contributed by atoms with Gasteiger partial charge in [0, 0.05) is 11.8 Å². The second-order valence-corrected chi connectivity index (χ2v) is 13.7. The van der Waals surface area contributed by atoms with Crippen molar-refractivity contribution in [1.82, 2.24) is 0 Å². The van der Waals surface area contributed by atoms with E-state index in [0.29, 0.717) is 25.2 Å². The SMILES string of the molecule is C[C@H](CC(C(=O)O)S(=O)(=O)O)[C@H]1CC[C@H]2[C@@H]3C[C@@H](O)[C@@]4(O)C[C@@H](O)CC[C@]4(C)[C@H]3CC[C@]12C. The van der Waals surface area contributed by atoms with Crippen molar-refractivity contribution in [1.29, 1.82) is 0 Å². The fraction of sp³-hybridized carbons (Fsp3) is 0.958. The highest BCUT2D eigenvalue weighted by Gasteiger charge is 2.67. The number of fused-ring (bicyclic) bond motifs is 5. The molecule has 0 aromatic heterocycles. The molecule has 4 saturated carbocycles. The third kappa shape index (κ3) is 3.77. The highest BCUT2D eigenvalue weighted by molar-refractivity contribution is 7.87. The molecule has 0 radical (unpaired) electrons. The minimum atomic E-state index is -4.68. The van der Waals surface area contributed by atoms with Gasteiger partial charge in [0.1, 0.15) is 0 Å². The quantitative estimate of drug-likeness (QED) is 0.370. The molecule has 0 aromatic carbocycles. The first-order valence-corrected chi connectivity index (χ1v) is 13.9. The summed E-state index contributed by atoms with van der Waals surface area (Å²) in [6.45, 7) is 6.20. The van der Waals surface area contributed by atoms with Gasteiger partial charge in [-0.2, -0.15) is 8.42 Å². The monoisotopic (exact) mass is 488 g/mol. The molecular weight excluding hydrogens is 448 g/mol. The lowest BCUT2D eigenvalue weighted by Gasteiger charge is -2.65. The average molecular weight is 489 g/mol. The Balaban J connectivity index is 1.58. The third-order valence-electron chi connectivity index (χ3n) is 10.8. The molecule has 0 bridgehead atoms. The van der Waals surface area contributed by atoms with E-state index in [1.165, 1.54) is 0 Å². The Kier molecular flexibility index (Phi) is 6.26. The molecule has 9 heteroatoms. The lowest BCUT2D eigenvalue weighted by Crippen LogP contribution is -2.68. The summed E-state index contributed by atoms with van der Waals surface area (Å²) in [6, 6.07) is 0. The topological polar surface area (TPSA) is 152 Å². The standard InChI is InChI=1S/C24H40O8S/c1-13(10-19(21(27)28)33(30,31)32)16-4-5-17-15-11-20(26)24(29)12-14(25)6-9-23(24,3)18(15)7-8-22(16,17)2/h13-20,25-26,29H,4-12H2,1-3H3,(H,27,28)(H,30,31,32)/t13-,14+,15+,16-,17+,18+,19?,20-,22-,23-,24+/m1/s1. The third-order valence-corrected chi connectivity index (χ3v) is 11.9. The maximum absolute atomic E-state index is 11.6. The second-order valence-electron chi connectivity index (χ2n) is 12.1. The Morgan fingerprint density at radius 1 is 1.06 bits per heavy atom. The fourth-order valence-electron chi connectivity index (χ4n) is 9.09. The van der Waals surface area contributed by atoms with Crippen LogP contribution in [0.25, 0.3) is 0 Å². The van der Waals surface area contributed by atoms with Crippen LogP contribution in [-0.4, -0.2) is 62.4 Å². The lowest BCUT2D eigenvalue weighted by atomic mass is 9.42. The van der Waals surface area contributed by atoms with Gasteiger partial charge in [-0.15, -0.1) is 0 Å². The van der Waals surface area contributed by atoms with E-state index in [2.05, 4.69) is 13.8 Å². The molecule has 190 valence electrons. The second kappa shape index (κ2) is 8.15. The number of aliphatic carboxylic acids is 1. The van der Waals surface area contributed by atoms with Gasteiger partial charge in [0.25, 0.3) is 10.1 Å². The van der Waals surface area contributed by atoms with E-state index in [4.69, 9.17) is 0 Å². The Bertz CT molecular complexity index is 891.